The number of ether oxygens (including phenoxy) is 5. The molecule has 10 nitrogen and oxygen atoms in total. The maximum absolute atomic E-state index is 12.3. The molecule has 0 aliphatic heterocycles. The molecule has 0 spiro atoms. The van der Waals surface area contributed by atoms with E-state index in [0.29, 0.717) is 38.9 Å². The lowest BCUT2D eigenvalue weighted by molar-refractivity contribution is -0.165. The molecule has 0 radical (unpaired) electrons. The van der Waals surface area contributed by atoms with Crippen LogP contribution in [-0.4, -0.2) is 62.9 Å². The summed E-state index contributed by atoms with van der Waals surface area (Å²) >= 11 is 0. The molecule has 2 rings (SSSR count). The van der Waals surface area contributed by atoms with Crippen molar-refractivity contribution in [3.8, 4) is 0 Å². The lowest BCUT2D eigenvalue weighted by Crippen LogP contribution is -2.39. The van der Waals surface area contributed by atoms with Crippen molar-refractivity contribution in [3.05, 3.63) is 110 Å². The Morgan fingerprint density at radius 2 is 0.900 bits per heavy atom. The fourth-order valence-electron chi connectivity index (χ4n) is 8.74. The van der Waals surface area contributed by atoms with Crippen molar-refractivity contribution in [1.29, 1.82) is 0 Å². The molecule has 1 aromatic carbocycles. The Hall–Kier alpha value is -4.99. The van der Waals surface area contributed by atoms with Crippen LogP contribution in [-0.2, 0) is 73.3 Å². The van der Waals surface area contributed by atoms with Crippen molar-refractivity contribution in [1.82, 2.24) is 0 Å². The number of esters is 5. The Morgan fingerprint density at radius 3 is 1.43 bits per heavy atom. The molecule has 0 amide bonds. The largest absolute Gasteiger partial charge is 0.461 e. The standard InChI is InChI=1S/C42H68O4.C18H24O6/c1-5-9-11-13-17-23-29-39-37(27-21-12-10-6-2)33-34-38(28-22-16-14-19-25-31-41(43)45-35-7-3)40(39)30-24-18-15-20-26-32-42(44)46-36-8-4;1-4-9-22-16(19)13-7-8-14(17(20)23-10-5-2)15(12-13)18(21)24-11-6-3/h7-8,17,23,33-34H,3-6,9-16,18-22,24-32,35-36H2,1-2H3;4-6,13-15H,1-3,7-12H2. The van der Waals surface area contributed by atoms with Gasteiger partial charge in [-0.15, -0.1) is 0 Å². The van der Waals surface area contributed by atoms with Crippen molar-refractivity contribution in [2.75, 3.05) is 33.0 Å². The van der Waals surface area contributed by atoms with Crippen LogP contribution in [0, 0.1) is 17.8 Å². The van der Waals surface area contributed by atoms with Gasteiger partial charge in [0.15, 0.2) is 0 Å². The van der Waals surface area contributed by atoms with Crippen LogP contribution >= 0.6 is 0 Å². The molecule has 3 unspecified atom stereocenters. The van der Waals surface area contributed by atoms with Gasteiger partial charge < -0.3 is 23.7 Å². The predicted octanol–water partition coefficient (Wildman–Crippen LogP) is 13.9. The molecule has 0 heterocycles. The van der Waals surface area contributed by atoms with Gasteiger partial charge in [-0.3, -0.25) is 24.0 Å². The first-order valence-electron chi connectivity index (χ1n) is 26.7. The zero-order chi connectivity index (χ0) is 51.5. The Balaban J connectivity index is 0.000000853. The first kappa shape index (κ1) is 63.0. The lowest BCUT2D eigenvalue weighted by Gasteiger charge is -2.32. The number of rotatable bonds is 40. The van der Waals surface area contributed by atoms with Gasteiger partial charge in [-0.05, 0) is 112 Å². The first-order chi connectivity index (χ1) is 34.1. The van der Waals surface area contributed by atoms with E-state index >= 15 is 0 Å². The van der Waals surface area contributed by atoms with Gasteiger partial charge in [0.05, 0.1) is 17.8 Å². The second kappa shape index (κ2) is 42.9. The van der Waals surface area contributed by atoms with Gasteiger partial charge in [0.1, 0.15) is 33.0 Å². The molecule has 70 heavy (non-hydrogen) atoms. The molecule has 1 aliphatic carbocycles. The Morgan fingerprint density at radius 1 is 0.471 bits per heavy atom. The van der Waals surface area contributed by atoms with Crippen LogP contribution < -0.4 is 0 Å². The predicted molar refractivity (Wildman–Crippen MR) is 284 cm³/mol. The van der Waals surface area contributed by atoms with Crippen LogP contribution in [0.2, 0.25) is 0 Å². The monoisotopic (exact) mass is 973 g/mol. The number of benzene rings is 1. The average Bonchev–Trinajstić information content (AvgIpc) is 3.37. The van der Waals surface area contributed by atoms with E-state index < -0.39 is 35.7 Å². The third-order valence-corrected chi connectivity index (χ3v) is 12.6. The van der Waals surface area contributed by atoms with Gasteiger partial charge in [-0.25, -0.2) is 0 Å². The molecular weight excluding hydrogens is 881 g/mol. The van der Waals surface area contributed by atoms with Gasteiger partial charge >= 0.3 is 29.8 Å². The first-order valence-corrected chi connectivity index (χ1v) is 26.7. The zero-order valence-electron chi connectivity index (χ0n) is 43.7. The van der Waals surface area contributed by atoms with Crippen molar-refractivity contribution in [2.24, 2.45) is 17.8 Å². The second-order valence-corrected chi connectivity index (χ2v) is 18.3. The van der Waals surface area contributed by atoms with Crippen molar-refractivity contribution in [2.45, 2.75) is 187 Å². The molecule has 1 saturated carbocycles. The minimum atomic E-state index is -0.739. The molecule has 0 aromatic heterocycles. The van der Waals surface area contributed by atoms with E-state index in [1.54, 1.807) is 34.4 Å². The molecular formula is C60H92O10. The second-order valence-electron chi connectivity index (χ2n) is 18.3. The number of unbranched alkanes of at least 4 members (excludes halogenated alkanes) is 14. The smallest absolute Gasteiger partial charge is 0.310 e. The van der Waals surface area contributed by atoms with Crippen molar-refractivity contribution >= 4 is 29.8 Å². The third kappa shape index (κ3) is 29.3. The number of carbonyl (C=O) groups excluding carboxylic acids is 5. The SMILES string of the molecule is C=CCOC(=O)C1CCC(C(=O)OCC=C)C(C(=O)OCC=C)C1.C=CCOC(=O)CCCCCCCc1ccc(CCCCCC)c(CC=CCCCCC)c1CCCCCCCC(=O)OCC=C. The van der Waals surface area contributed by atoms with E-state index in [2.05, 4.69) is 71.0 Å². The quantitative estimate of drug-likeness (QED) is 0.0271. The summed E-state index contributed by atoms with van der Waals surface area (Å²) in [6.07, 6.45) is 40.3. The van der Waals surface area contributed by atoms with E-state index in [1.165, 1.54) is 102 Å². The Kier molecular flexibility index (Phi) is 38.6. The van der Waals surface area contributed by atoms with E-state index in [0.717, 1.165) is 57.8 Å². The third-order valence-electron chi connectivity index (χ3n) is 12.6. The topological polar surface area (TPSA) is 132 Å². The Labute approximate surface area is 423 Å². The van der Waals surface area contributed by atoms with Crippen LogP contribution in [0.1, 0.15) is 184 Å². The normalized spacial score (nSPS) is 15.1. The van der Waals surface area contributed by atoms with Crippen LogP contribution in [0.4, 0.5) is 0 Å². The molecule has 392 valence electrons. The van der Waals surface area contributed by atoms with Gasteiger partial charge in [0, 0.05) is 12.8 Å². The fraction of sp³-hybridized carbons (Fsp3) is 0.617. The van der Waals surface area contributed by atoms with E-state index in [1.807, 2.05) is 0 Å². The van der Waals surface area contributed by atoms with Crippen LogP contribution in [0.15, 0.2) is 87.6 Å². The summed E-state index contributed by atoms with van der Waals surface area (Å²) in [6.45, 7) is 23.1. The summed E-state index contributed by atoms with van der Waals surface area (Å²) in [7, 11) is 0. The number of carbonyl (C=O) groups is 5. The summed E-state index contributed by atoms with van der Waals surface area (Å²) in [4.78, 5) is 60.0. The fourth-order valence-corrected chi connectivity index (χ4v) is 8.74. The highest BCUT2D eigenvalue weighted by Gasteiger charge is 2.43. The molecule has 1 fully saturated rings. The van der Waals surface area contributed by atoms with Gasteiger partial charge in [0.25, 0.3) is 0 Å². The minimum absolute atomic E-state index is 0.0509. The molecule has 0 N–H and O–H groups in total. The molecule has 0 bridgehead atoms. The highest BCUT2D eigenvalue weighted by Crippen LogP contribution is 2.36. The molecule has 10 heteroatoms. The number of hydrogen-bond donors (Lipinski definition) is 0. The maximum atomic E-state index is 12.3. The number of aryl methyl sites for hydroxylation is 2. The summed E-state index contributed by atoms with van der Waals surface area (Å²) < 4.78 is 25.4. The molecule has 0 saturated heterocycles. The van der Waals surface area contributed by atoms with E-state index in [-0.39, 0.29) is 38.2 Å². The number of allylic oxidation sites excluding steroid dienone is 2. The zero-order valence-corrected chi connectivity index (χ0v) is 43.7. The maximum Gasteiger partial charge on any atom is 0.310 e. The molecule has 3 atom stereocenters. The summed E-state index contributed by atoms with van der Waals surface area (Å²) in [5.74, 6) is -3.45. The minimum Gasteiger partial charge on any atom is -0.461 e. The van der Waals surface area contributed by atoms with Crippen LogP contribution in [0.25, 0.3) is 0 Å². The van der Waals surface area contributed by atoms with E-state index in [9.17, 15) is 24.0 Å². The van der Waals surface area contributed by atoms with Crippen molar-refractivity contribution < 1.29 is 47.7 Å². The van der Waals surface area contributed by atoms with Gasteiger partial charge in [-0.1, -0.05) is 172 Å². The van der Waals surface area contributed by atoms with Crippen LogP contribution in [0.3, 0.4) is 0 Å². The molecule has 1 aliphatic rings. The summed E-state index contributed by atoms with van der Waals surface area (Å²) in [5, 5.41) is 0. The van der Waals surface area contributed by atoms with E-state index in [4.69, 9.17) is 23.7 Å². The summed E-state index contributed by atoms with van der Waals surface area (Å²) in [5.41, 5.74) is 6.33. The van der Waals surface area contributed by atoms with Crippen LogP contribution in [0.5, 0.6) is 0 Å². The van der Waals surface area contributed by atoms with Gasteiger partial charge in [-0.2, -0.15) is 0 Å². The van der Waals surface area contributed by atoms with Crippen molar-refractivity contribution in [3.63, 3.8) is 0 Å². The molecule has 1 aromatic rings. The summed E-state index contributed by atoms with van der Waals surface area (Å²) in [6, 6.07) is 4.90. The average molecular weight is 973 g/mol. The Bertz CT molecular complexity index is 1710. The number of hydrogen-bond acceptors (Lipinski definition) is 10. The highest BCUT2D eigenvalue weighted by atomic mass is 16.5. The highest BCUT2D eigenvalue weighted by molar-refractivity contribution is 5.84. The lowest BCUT2D eigenvalue weighted by atomic mass is 9.74. The van der Waals surface area contributed by atoms with Gasteiger partial charge in [0.2, 0.25) is 0 Å².